The monoisotopic (exact) mass is 241 g/mol. The lowest BCUT2D eigenvalue weighted by molar-refractivity contribution is -0.150. The van der Waals surface area contributed by atoms with Crippen molar-refractivity contribution in [2.24, 2.45) is 5.92 Å². The first kappa shape index (κ1) is 12.8. The second-order valence-electron chi connectivity index (χ2n) is 4.51. The van der Waals surface area contributed by atoms with Crippen molar-refractivity contribution >= 4 is 5.97 Å². The minimum Gasteiger partial charge on any atom is -0.466 e. The Morgan fingerprint density at radius 1 is 1.47 bits per heavy atom. The van der Waals surface area contributed by atoms with Crippen molar-refractivity contribution in [2.45, 2.75) is 25.9 Å². The molecule has 0 saturated carbocycles. The van der Waals surface area contributed by atoms with E-state index in [1.165, 1.54) is 0 Å². The van der Waals surface area contributed by atoms with E-state index in [9.17, 15) is 4.79 Å². The smallest absolute Gasteiger partial charge is 0.309 e. The summed E-state index contributed by atoms with van der Waals surface area (Å²) in [5, 5.41) is 4.61. The van der Waals surface area contributed by atoms with E-state index in [1.807, 2.05) is 6.92 Å². The molecule has 2 aliphatic rings. The topological polar surface area (TPSA) is 52.9 Å². The van der Waals surface area contributed by atoms with Crippen LogP contribution in [0.25, 0.3) is 0 Å². The van der Waals surface area contributed by atoms with Crippen LogP contribution < -0.4 is 5.32 Å². The SMILES string of the molecule is CCOC(=O)C1CC[N]C(N2CCOCC2)C1. The molecule has 0 spiro atoms. The van der Waals surface area contributed by atoms with Gasteiger partial charge < -0.3 is 9.47 Å². The fourth-order valence-corrected chi connectivity index (χ4v) is 2.44. The molecule has 2 aliphatic heterocycles. The van der Waals surface area contributed by atoms with Crippen LogP contribution in [0.4, 0.5) is 0 Å². The standard InChI is InChI=1S/C12H21N2O3/c1-2-17-12(15)10-3-4-13-11(9-10)14-5-7-16-8-6-14/h10-11H,2-9H2,1H3. The minimum absolute atomic E-state index is 0.0281. The number of hydrogen-bond donors (Lipinski definition) is 0. The lowest BCUT2D eigenvalue weighted by atomic mass is 9.95. The predicted molar refractivity (Wildman–Crippen MR) is 62.5 cm³/mol. The number of hydrogen-bond acceptors (Lipinski definition) is 4. The fraction of sp³-hybridized carbons (Fsp3) is 0.917. The Morgan fingerprint density at radius 3 is 2.94 bits per heavy atom. The maximum absolute atomic E-state index is 11.7. The molecule has 0 aromatic heterocycles. The van der Waals surface area contributed by atoms with Crippen molar-refractivity contribution in [3.05, 3.63) is 0 Å². The van der Waals surface area contributed by atoms with Crippen LogP contribution in [-0.2, 0) is 14.3 Å². The van der Waals surface area contributed by atoms with Crippen molar-refractivity contribution in [1.29, 1.82) is 0 Å². The van der Waals surface area contributed by atoms with Gasteiger partial charge in [0.1, 0.15) is 0 Å². The second-order valence-corrected chi connectivity index (χ2v) is 4.51. The van der Waals surface area contributed by atoms with E-state index in [-0.39, 0.29) is 18.1 Å². The van der Waals surface area contributed by atoms with E-state index in [4.69, 9.17) is 9.47 Å². The Balaban J connectivity index is 1.85. The molecule has 2 rings (SSSR count). The van der Waals surface area contributed by atoms with Crippen molar-refractivity contribution in [3.8, 4) is 0 Å². The van der Waals surface area contributed by atoms with Crippen LogP contribution in [0.15, 0.2) is 0 Å². The number of nitrogens with zero attached hydrogens (tertiary/aromatic N) is 2. The van der Waals surface area contributed by atoms with Gasteiger partial charge in [-0.2, -0.15) is 0 Å². The van der Waals surface area contributed by atoms with Crippen LogP contribution in [0.1, 0.15) is 19.8 Å². The summed E-state index contributed by atoms with van der Waals surface area (Å²) in [5.41, 5.74) is 0. The molecule has 0 amide bonds. The average molecular weight is 241 g/mol. The molecule has 2 unspecified atom stereocenters. The Hall–Kier alpha value is -0.650. The van der Waals surface area contributed by atoms with Crippen LogP contribution in [0.5, 0.6) is 0 Å². The maximum Gasteiger partial charge on any atom is 0.309 e. The Morgan fingerprint density at radius 2 is 2.24 bits per heavy atom. The zero-order chi connectivity index (χ0) is 12.1. The third-order valence-electron chi connectivity index (χ3n) is 3.40. The van der Waals surface area contributed by atoms with Gasteiger partial charge in [0.2, 0.25) is 0 Å². The molecular formula is C12H21N2O3. The Kier molecular flexibility index (Phi) is 4.76. The molecular weight excluding hydrogens is 220 g/mol. The number of carbonyl (C=O) groups is 1. The average Bonchev–Trinajstić information content (AvgIpc) is 2.40. The maximum atomic E-state index is 11.7. The molecule has 5 heteroatoms. The van der Waals surface area contributed by atoms with Gasteiger partial charge in [-0.15, -0.1) is 0 Å². The Labute approximate surface area is 102 Å². The summed E-state index contributed by atoms with van der Waals surface area (Å²) >= 11 is 0. The highest BCUT2D eigenvalue weighted by molar-refractivity contribution is 5.72. The molecule has 17 heavy (non-hydrogen) atoms. The zero-order valence-corrected chi connectivity index (χ0v) is 10.4. The van der Waals surface area contributed by atoms with Gasteiger partial charge in [-0.05, 0) is 19.8 Å². The molecule has 0 bridgehead atoms. The first-order chi connectivity index (χ1) is 8.31. The molecule has 2 heterocycles. The van der Waals surface area contributed by atoms with Gasteiger partial charge in [-0.25, -0.2) is 5.32 Å². The number of rotatable bonds is 3. The van der Waals surface area contributed by atoms with Crippen molar-refractivity contribution in [2.75, 3.05) is 39.5 Å². The van der Waals surface area contributed by atoms with Gasteiger partial charge in [-0.1, -0.05) is 0 Å². The van der Waals surface area contributed by atoms with E-state index in [0.29, 0.717) is 6.61 Å². The first-order valence-corrected chi connectivity index (χ1v) is 6.46. The number of esters is 1. The lowest BCUT2D eigenvalue weighted by Crippen LogP contribution is -2.51. The first-order valence-electron chi connectivity index (χ1n) is 6.46. The summed E-state index contributed by atoms with van der Waals surface area (Å²) in [6, 6.07) is 0. The minimum atomic E-state index is -0.0549. The molecule has 2 atom stereocenters. The van der Waals surface area contributed by atoms with Gasteiger partial charge in [0.05, 0.1) is 31.9 Å². The van der Waals surface area contributed by atoms with Crippen LogP contribution in [0.2, 0.25) is 0 Å². The van der Waals surface area contributed by atoms with Crippen molar-refractivity contribution < 1.29 is 14.3 Å². The van der Waals surface area contributed by atoms with E-state index in [1.54, 1.807) is 0 Å². The highest BCUT2D eigenvalue weighted by atomic mass is 16.5. The van der Waals surface area contributed by atoms with Crippen molar-refractivity contribution in [1.82, 2.24) is 10.2 Å². The van der Waals surface area contributed by atoms with Gasteiger partial charge in [0, 0.05) is 19.6 Å². The molecule has 0 aliphatic carbocycles. The molecule has 0 aromatic rings. The second kappa shape index (κ2) is 6.33. The van der Waals surface area contributed by atoms with E-state index >= 15 is 0 Å². The fourth-order valence-electron chi connectivity index (χ4n) is 2.44. The van der Waals surface area contributed by atoms with Crippen molar-refractivity contribution in [3.63, 3.8) is 0 Å². The number of morpholine rings is 1. The lowest BCUT2D eigenvalue weighted by Gasteiger charge is -2.38. The number of piperidine rings is 1. The van der Waals surface area contributed by atoms with E-state index in [0.717, 1.165) is 45.7 Å². The zero-order valence-electron chi connectivity index (χ0n) is 10.4. The molecule has 2 fully saturated rings. The largest absolute Gasteiger partial charge is 0.466 e. The normalized spacial score (nSPS) is 31.1. The Bertz CT molecular complexity index is 254. The molecule has 97 valence electrons. The highest BCUT2D eigenvalue weighted by Crippen LogP contribution is 2.21. The molecule has 2 saturated heterocycles. The summed E-state index contributed by atoms with van der Waals surface area (Å²) in [5.74, 6) is -0.0269. The van der Waals surface area contributed by atoms with Crippen LogP contribution in [-0.4, -0.2) is 56.5 Å². The van der Waals surface area contributed by atoms with E-state index in [2.05, 4.69) is 10.2 Å². The van der Waals surface area contributed by atoms with Crippen LogP contribution >= 0.6 is 0 Å². The van der Waals surface area contributed by atoms with Gasteiger partial charge in [0.25, 0.3) is 0 Å². The summed E-state index contributed by atoms with van der Waals surface area (Å²) in [4.78, 5) is 14.0. The summed E-state index contributed by atoms with van der Waals surface area (Å²) in [6.07, 6.45) is 1.82. The third-order valence-corrected chi connectivity index (χ3v) is 3.40. The summed E-state index contributed by atoms with van der Waals surface area (Å²) < 4.78 is 10.4. The molecule has 0 N–H and O–H groups in total. The third kappa shape index (κ3) is 3.40. The quantitative estimate of drug-likeness (QED) is 0.663. The van der Waals surface area contributed by atoms with Gasteiger partial charge in [-0.3, -0.25) is 9.69 Å². The highest BCUT2D eigenvalue weighted by Gasteiger charge is 2.32. The number of carbonyl (C=O) groups excluding carboxylic acids is 1. The predicted octanol–water partition coefficient (Wildman–Crippen LogP) is 0.222. The van der Waals surface area contributed by atoms with Gasteiger partial charge in [0.15, 0.2) is 0 Å². The molecule has 0 aromatic carbocycles. The molecule has 1 radical (unpaired) electrons. The van der Waals surface area contributed by atoms with Crippen LogP contribution in [0.3, 0.4) is 0 Å². The summed E-state index contributed by atoms with van der Waals surface area (Å²) in [6.45, 7) is 6.48. The summed E-state index contributed by atoms with van der Waals surface area (Å²) in [7, 11) is 0. The number of ether oxygens (including phenoxy) is 2. The van der Waals surface area contributed by atoms with Gasteiger partial charge >= 0.3 is 5.97 Å². The molecule has 5 nitrogen and oxygen atoms in total. The van der Waals surface area contributed by atoms with E-state index < -0.39 is 0 Å². The van der Waals surface area contributed by atoms with Crippen LogP contribution in [0, 0.1) is 5.92 Å².